The first kappa shape index (κ1) is 21.5. The van der Waals surface area contributed by atoms with E-state index in [1.807, 2.05) is 20.8 Å². The predicted octanol–water partition coefficient (Wildman–Crippen LogP) is 3.60. The molecule has 0 unspecified atom stereocenters. The molecule has 0 N–H and O–H groups in total. The van der Waals surface area contributed by atoms with E-state index in [0.29, 0.717) is 19.8 Å². The summed E-state index contributed by atoms with van der Waals surface area (Å²) in [6.45, 7) is 13.6. The maximum atomic E-state index is 12.8. The molecule has 1 aromatic rings. The number of rotatable bonds is 5. The summed E-state index contributed by atoms with van der Waals surface area (Å²) >= 11 is 0. The number of methoxy groups -OCH3 is 1. The van der Waals surface area contributed by atoms with Gasteiger partial charge < -0.3 is 19.1 Å². The average molecular weight is 390 g/mol. The van der Waals surface area contributed by atoms with E-state index in [9.17, 15) is 9.59 Å². The fourth-order valence-electron chi connectivity index (χ4n) is 2.95. The highest BCUT2D eigenvalue weighted by Gasteiger charge is 2.30. The Morgan fingerprint density at radius 1 is 1.29 bits per heavy atom. The SMILES string of the molecule is [C-]#[N+]OC(=O)c1ccc(CN(C(=O)OC(C)(C)C)C2CCOCC2)cc1OC. The Kier molecular flexibility index (Phi) is 7.24. The zero-order valence-corrected chi connectivity index (χ0v) is 16.7. The molecule has 0 saturated carbocycles. The van der Waals surface area contributed by atoms with E-state index in [1.165, 1.54) is 13.2 Å². The zero-order valence-electron chi connectivity index (χ0n) is 16.7. The van der Waals surface area contributed by atoms with E-state index < -0.39 is 17.7 Å². The lowest BCUT2D eigenvalue weighted by Gasteiger charge is -2.35. The van der Waals surface area contributed by atoms with Crippen molar-refractivity contribution in [2.24, 2.45) is 0 Å². The summed E-state index contributed by atoms with van der Waals surface area (Å²) in [4.78, 5) is 30.7. The highest BCUT2D eigenvalue weighted by atomic mass is 16.7. The van der Waals surface area contributed by atoms with Crippen molar-refractivity contribution in [1.82, 2.24) is 4.90 Å². The first-order valence-electron chi connectivity index (χ1n) is 9.07. The molecule has 0 bridgehead atoms. The summed E-state index contributed by atoms with van der Waals surface area (Å²) in [5.74, 6) is -0.505. The van der Waals surface area contributed by atoms with Crippen molar-refractivity contribution in [3.63, 3.8) is 0 Å². The third kappa shape index (κ3) is 5.86. The number of carbonyl (C=O) groups is 2. The van der Waals surface area contributed by atoms with Gasteiger partial charge in [0.2, 0.25) is 0 Å². The lowest BCUT2D eigenvalue weighted by Crippen LogP contribution is -2.45. The Labute approximate surface area is 165 Å². The molecule has 1 aliphatic heterocycles. The van der Waals surface area contributed by atoms with Gasteiger partial charge in [-0.15, -0.1) is 4.84 Å². The Balaban J connectivity index is 2.26. The van der Waals surface area contributed by atoms with Crippen molar-refractivity contribution in [2.45, 2.75) is 51.8 Å². The summed E-state index contributed by atoms with van der Waals surface area (Å²) in [6, 6.07) is 4.90. The molecule has 1 saturated heterocycles. The van der Waals surface area contributed by atoms with Crippen LogP contribution < -0.4 is 4.74 Å². The van der Waals surface area contributed by atoms with Crippen LogP contribution >= 0.6 is 0 Å². The molecular weight excluding hydrogens is 364 g/mol. The molecule has 28 heavy (non-hydrogen) atoms. The molecule has 1 aromatic carbocycles. The molecule has 1 aliphatic rings. The van der Waals surface area contributed by atoms with Crippen LogP contribution in [0.3, 0.4) is 0 Å². The van der Waals surface area contributed by atoms with Crippen molar-refractivity contribution >= 4 is 12.1 Å². The first-order valence-corrected chi connectivity index (χ1v) is 9.07. The van der Waals surface area contributed by atoms with Gasteiger partial charge in [-0.3, -0.25) is 0 Å². The number of amides is 1. The molecule has 1 fully saturated rings. The number of hydrogen-bond acceptors (Lipinski definition) is 6. The van der Waals surface area contributed by atoms with Crippen LogP contribution in [0.2, 0.25) is 0 Å². The molecule has 0 spiro atoms. The summed E-state index contributed by atoms with van der Waals surface area (Å²) in [5.41, 5.74) is 0.316. The maximum Gasteiger partial charge on any atom is 0.429 e. The first-order chi connectivity index (χ1) is 13.2. The fourth-order valence-corrected chi connectivity index (χ4v) is 2.95. The third-order valence-electron chi connectivity index (χ3n) is 4.23. The van der Waals surface area contributed by atoms with E-state index >= 15 is 0 Å². The van der Waals surface area contributed by atoms with Gasteiger partial charge in [0.25, 0.3) is 0 Å². The van der Waals surface area contributed by atoms with Gasteiger partial charge in [0.05, 0.1) is 7.11 Å². The Hall–Kier alpha value is -2.79. The summed E-state index contributed by atoms with van der Waals surface area (Å²) < 4.78 is 16.3. The van der Waals surface area contributed by atoms with Crippen LogP contribution in [0.4, 0.5) is 4.79 Å². The quantitative estimate of drug-likeness (QED) is 0.565. The molecule has 152 valence electrons. The van der Waals surface area contributed by atoms with Gasteiger partial charge in [0.15, 0.2) is 0 Å². The van der Waals surface area contributed by atoms with Gasteiger partial charge in [0.1, 0.15) is 16.9 Å². The fraction of sp³-hybridized carbons (Fsp3) is 0.550. The van der Waals surface area contributed by atoms with Crippen LogP contribution in [-0.4, -0.2) is 48.9 Å². The Morgan fingerprint density at radius 2 is 1.96 bits per heavy atom. The molecule has 0 radical (unpaired) electrons. The van der Waals surface area contributed by atoms with E-state index in [1.54, 1.807) is 17.0 Å². The molecule has 0 aromatic heterocycles. The molecule has 8 heteroatoms. The molecule has 2 rings (SSSR count). The van der Waals surface area contributed by atoms with Gasteiger partial charge in [-0.1, -0.05) is 6.07 Å². The number of carbonyl (C=O) groups excluding carboxylic acids is 2. The lowest BCUT2D eigenvalue weighted by atomic mass is 10.1. The van der Waals surface area contributed by atoms with Gasteiger partial charge >= 0.3 is 12.1 Å². The van der Waals surface area contributed by atoms with Crippen LogP contribution in [0.1, 0.15) is 49.5 Å². The van der Waals surface area contributed by atoms with Crippen molar-refractivity contribution in [3.05, 3.63) is 40.9 Å². The second-order valence-electron chi connectivity index (χ2n) is 7.46. The molecule has 1 amide bonds. The van der Waals surface area contributed by atoms with Crippen LogP contribution in [0.25, 0.3) is 5.01 Å². The minimum atomic E-state index is -0.785. The largest absolute Gasteiger partial charge is 0.496 e. The highest BCUT2D eigenvalue weighted by Crippen LogP contribution is 2.25. The molecule has 0 atom stereocenters. The lowest BCUT2D eigenvalue weighted by molar-refractivity contribution is -0.00812. The second kappa shape index (κ2) is 9.42. The van der Waals surface area contributed by atoms with E-state index in [-0.39, 0.29) is 17.4 Å². The van der Waals surface area contributed by atoms with Crippen LogP contribution in [0.15, 0.2) is 18.2 Å². The zero-order chi connectivity index (χ0) is 20.7. The molecule has 8 nitrogen and oxygen atoms in total. The Bertz CT molecular complexity index is 744. The highest BCUT2D eigenvalue weighted by molar-refractivity contribution is 5.92. The van der Waals surface area contributed by atoms with Gasteiger partial charge in [0, 0.05) is 25.8 Å². The van der Waals surface area contributed by atoms with E-state index in [4.69, 9.17) is 20.8 Å². The van der Waals surface area contributed by atoms with E-state index in [0.717, 1.165) is 18.4 Å². The number of benzene rings is 1. The second-order valence-corrected chi connectivity index (χ2v) is 7.46. The standard InChI is InChI=1S/C20H26N2O6/c1-20(2,3)27-19(24)22(15-8-10-26-11-9-15)13-14-6-7-16(17(12-14)25-5)18(23)28-21-4/h6-7,12,15H,8-11,13H2,1-3,5H3. The monoisotopic (exact) mass is 390 g/mol. The minimum Gasteiger partial charge on any atom is -0.496 e. The van der Waals surface area contributed by atoms with Crippen LogP contribution in [0.5, 0.6) is 5.75 Å². The normalized spacial score (nSPS) is 14.7. The van der Waals surface area contributed by atoms with Crippen LogP contribution in [-0.2, 0) is 20.9 Å². The number of nitrogens with zero attached hydrogens (tertiary/aromatic N) is 2. The predicted molar refractivity (Wildman–Crippen MR) is 101 cm³/mol. The Morgan fingerprint density at radius 3 is 2.54 bits per heavy atom. The summed E-state index contributed by atoms with van der Waals surface area (Å²) in [6.07, 6.45) is 1.06. The van der Waals surface area contributed by atoms with Crippen molar-refractivity contribution in [2.75, 3.05) is 20.3 Å². The maximum absolute atomic E-state index is 12.8. The smallest absolute Gasteiger partial charge is 0.429 e. The van der Waals surface area contributed by atoms with Gasteiger partial charge in [-0.25, -0.2) is 9.59 Å². The number of ether oxygens (including phenoxy) is 3. The summed E-state index contributed by atoms with van der Waals surface area (Å²) in [7, 11) is 1.43. The molecule has 1 heterocycles. The summed E-state index contributed by atoms with van der Waals surface area (Å²) in [5, 5.41) is 2.64. The van der Waals surface area contributed by atoms with Crippen LogP contribution in [0, 0.1) is 6.57 Å². The number of hydrogen-bond donors (Lipinski definition) is 0. The van der Waals surface area contributed by atoms with Gasteiger partial charge in [-0.2, -0.15) is 6.57 Å². The molecule has 0 aliphatic carbocycles. The van der Waals surface area contributed by atoms with E-state index in [2.05, 4.69) is 9.85 Å². The van der Waals surface area contributed by atoms with Gasteiger partial charge in [-0.05, 0) is 56.3 Å². The van der Waals surface area contributed by atoms with Crippen molar-refractivity contribution in [1.29, 1.82) is 0 Å². The molecular formula is C20H26N2O6. The third-order valence-corrected chi connectivity index (χ3v) is 4.23. The minimum absolute atomic E-state index is 0.00125. The topological polar surface area (TPSA) is 78.7 Å². The average Bonchev–Trinajstić information content (AvgIpc) is 2.65. The van der Waals surface area contributed by atoms with Crippen molar-refractivity contribution < 1.29 is 28.6 Å². The van der Waals surface area contributed by atoms with Crippen molar-refractivity contribution in [3.8, 4) is 5.75 Å².